The van der Waals surface area contributed by atoms with Crippen LogP contribution in [-0.4, -0.2) is 40.4 Å². The van der Waals surface area contributed by atoms with Crippen molar-refractivity contribution in [3.63, 3.8) is 0 Å². The van der Waals surface area contributed by atoms with Gasteiger partial charge in [-0.2, -0.15) is 0 Å². The molecule has 0 radical (unpaired) electrons. The summed E-state index contributed by atoms with van der Waals surface area (Å²) in [6, 6.07) is 6.27. The molecule has 8 heteroatoms. The van der Waals surface area contributed by atoms with Crippen molar-refractivity contribution in [2.75, 3.05) is 18.5 Å². The molecule has 0 saturated carbocycles. The Hall–Kier alpha value is -2.97. The van der Waals surface area contributed by atoms with Crippen LogP contribution in [0.1, 0.15) is 30.0 Å². The van der Waals surface area contributed by atoms with E-state index in [-0.39, 0.29) is 23.7 Å². The van der Waals surface area contributed by atoms with Gasteiger partial charge in [0.25, 0.3) is 5.91 Å². The Morgan fingerprint density at radius 2 is 2.07 bits per heavy atom. The molecule has 150 valence electrons. The summed E-state index contributed by atoms with van der Waals surface area (Å²) in [4.78, 5) is 16.4. The van der Waals surface area contributed by atoms with Gasteiger partial charge in [0.15, 0.2) is 0 Å². The summed E-state index contributed by atoms with van der Waals surface area (Å²) in [5.74, 6) is -1.15. The van der Waals surface area contributed by atoms with Crippen LogP contribution in [-0.2, 0) is 0 Å². The molecule has 1 unspecified atom stereocenters. The minimum atomic E-state index is -1.09. The van der Waals surface area contributed by atoms with E-state index in [0.717, 1.165) is 5.56 Å². The van der Waals surface area contributed by atoms with Crippen molar-refractivity contribution in [1.82, 2.24) is 10.3 Å². The third-order valence-electron chi connectivity index (χ3n) is 3.79. The van der Waals surface area contributed by atoms with Gasteiger partial charge in [-0.3, -0.25) is 9.78 Å². The number of rotatable bonds is 6. The first-order valence-electron chi connectivity index (χ1n) is 8.96. The molecule has 0 bridgehead atoms. The zero-order valence-corrected chi connectivity index (χ0v) is 16.0. The number of furan rings is 1. The molecule has 0 fully saturated rings. The molecule has 0 aliphatic carbocycles. The van der Waals surface area contributed by atoms with Gasteiger partial charge in [0.1, 0.15) is 17.1 Å². The molecule has 7 nitrogen and oxygen atoms in total. The maximum Gasteiger partial charge on any atom is 0.289 e. The summed E-state index contributed by atoms with van der Waals surface area (Å²) >= 11 is 0. The highest BCUT2D eigenvalue weighted by atomic mass is 19.1. The second kappa shape index (κ2) is 9.82. The summed E-state index contributed by atoms with van der Waals surface area (Å²) in [6.45, 7) is 5.14. The molecule has 1 amide bonds. The Balaban J connectivity index is 0.00000136. The topological polar surface area (TPSA) is 108 Å². The SMILES string of the molecule is CC.Cc1ccc(Nc2c(C(=O)NCC(O)CO)oc3ccncc23)c(F)c1. The predicted molar refractivity (Wildman–Crippen MR) is 105 cm³/mol. The summed E-state index contributed by atoms with van der Waals surface area (Å²) in [5.41, 5.74) is 1.63. The fraction of sp³-hybridized carbons (Fsp3) is 0.300. The van der Waals surface area contributed by atoms with Crippen molar-refractivity contribution < 1.29 is 23.8 Å². The Kier molecular flexibility index (Phi) is 7.48. The molecule has 3 rings (SSSR count). The van der Waals surface area contributed by atoms with Crippen LogP contribution in [0.4, 0.5) is 15.8 Å². The number of hydrogen-bond donors (Lipinski definition) is 4. The number of halogens is 1. The van der Waals surface area contributed by atoms with Crippen LogP contribution in [0.15, 0.2) is 41.1 Å². The number of aliphatic hydroxyl groups is 2. The van der Waals surface area contributed by atoms with Gasteiger partial charge in [-0.05, 0) is 30.7 Å². The monoisotopic (exact) mass is 389 g/mol. The number of amides is 1. The van der Waals surface area contributed by atoms with Crippen molar-refractivity contribution in [2.45, 2.75) is 26.9 Å². The number of hydrogen-bond acceptors (Lipinski definition) is 6. The number of aliphatic hydroxyl groups excluding tert-OH is 2. The molecule has 0 spiro atoms. The number of pyridine rings is 1. The van der Waals surface area contributed by atoms with Gasteiger partial charge in [-0.1, -0.05) is 19.9 Å². The van der Waals surface area contributed by atoms with E-state index in [1.54, 1.807) is 25.1 Å². The molecule has 1 atom stereocenters. The number of carbonyl (C=O) groups is 1. The number of aromatic nitrogens is 1. The first kappa shape index (κ1) is 21.3. The van der Waals surface area contributed by atoms with Crippen LogP contribution in [0.2, 0.25) is 0 Å². The van der Waals surface area contributed by atoms with Gasteiger partial charge in [0.2, 0.25) is 5.76 Å². The molecular formula is C20H24FN3O4. The summed E-state index contributed by atoms with van der Waals surface area (Å²) in [7, 11) is 0. The molecule has 4 N–H and O–H groups in total. The highest BCUT2D eigenvalue weighted by Gasteiger charge is 2.22. The number of benzene rings is 1. The summed E-state index contributed by atoms with van der Waals surface area (Å²) < 4.78 is 19.8. The molecule has 0 aliphatic rings. The zero-order valence-electron chi connectivity index (χ0n) is 16.0. The van der Waals surface area contributed by atoms with E-state index in [4.69, 9.17) is 9.52 Å². The second-order valence-electron chi connectivity index (χ2n) is 5.83. The van der Waals surface area contributed by atoms with Crippen LogP contribution in [0.25, 0.3) is 11.0 Å². The van der Waals surface area contributed by atoms with Crippen molar-refractivity contribution in [2.24, 2.45) is 0 Å². The van der Waals surface area contributed by atoms with Crippen molar-refractivity contribution in [1.29, 1.82) is 0 Å². The second-order valence-corrected chi connectivity index (χ2v) is 5.83. The van der Waals surface area contributed by atoms with E-state index >= 15 is 0 Å². The van der Waals surface area contributed by atoms with Crippen LogP contribution < -0.4 is 10.6 Å². The highest BCUT2D eigenvalue weighted by molar-refractivity contribution is 6.07. The van der Waals surface area contributed by atoms with Gasteiger partial charge in [-0.25, -0.2) is 4.39 Å². The Labute approximate surface area is 162 Å². The maximum absolute atomic E-state index is 14.2. The minimum Gasteiger partial charge on any atom is -0.448 e. The average Bonchev–Trinajstić information content (AvgIpc) is 3.08. The van der Waals surface area contributed by atoms with Gasteiger partial charge in [0, 0.05) is 18.9 Å². The number of anilines is 2. The number of nitrogens with zero attached hydrogens (tertiary/aromatic N) is 1. The van der Waals surface area contributed by atoms with Crippen LogP contribution >= 0.6 is 0 Å². The first-order chi connectivity index (χ1) is 13.5. The number of nitrogens with one attached hydrogen (secondary N) is 2. The molecule has 3 aromatic rings. The first-order valence-corrected chi connectivity index (χ1v) is 8.96. The quantitative estimate of drug-likeness (QED) is 0.516. The number of fused-ring (bicyclic) bond motifs is 1. The Morgan fingerprint density at radius 1 is 1.32 bits per heavy atom. The normalized spacial score (nSPS) is 11.5. The predicted octanol–water partition coefficient (Wildman–Crippen LogP) is 3.13. The standard InChI is InChI=1S/C18H18FN3O4.C2H6/c1-10-2-3-14(13(19)6-10)22-16-12-8-20-5-4-15(12)26-17(16)18(25)21-7-11(24)9-23;1-2/h2-6,8,11,22-24H,7,9H2,1H3,(H,21,25);1-2H3. The molecule has 1 aromatic carbocycles. The fourth-order valence-electron chi connectivity index (χ4n) is 2.44. The van der Waals surface area contributed by atoms with Gasteiger partial charge >= 0.3 is 0 Å². The maximum atomic E-state index is 14.2. The van der Waals surface area contributed by atoms with Gasteiger partial charge in [0.05, 0.1) is 23.8 Å². The van der Waals surface area contributed by atoms with Crippen LogP contribution in [0.5, 0.6) is 0 Å². The van der Waals surface area contributed by atoms with Crippen LogP contribution in [0, 0.1) is 12.7 Å². The van der Waals surface area contributed by atoms with E-state index in [9.17, 15) is 14.3 Å². The van der Waals surface area contributed by atoms with E-state index in [1.807, 2.05) is 13.8 Å². The Bertz CT molecular complexity index is 942. The lowest BCUT2D eigenvalue weighted by Crippen LogP contribution is -2.33. The third-order valence-corrected chi connectivity index (χ3v) is 3.79. The fourth-order valence-corrected chi connectivity index (χ4v) is 2.44. The van der Waals surface area contributed by atoms with E-state index in [2.05, 4.69) is 15.6 Å². The lowest BCUT2D eigenvalue weighted by Gasteiger charge is -2.10. The van der Waals surface area contributed by atoms with Crippen molar-refractivity contribution >= 4 is 28.3 Å². The Morgan fingerprint density at radius 3 is 2.75 bits per heavy atom. The average molecular weight is 389 g/mol. The van der Waals surface area contributed by atoms with Crippen LogP contribution in [0.3, 0.4) is 0 Å². The summed E-state index contributed by atoms with van der Waals surface area (Å²) in [5, 5.41) is 24.1. The van der Waals surface area contributed by atoms with E-state index in [1.165, 1.54) is 18.5 Å². The third kappa shape index (κ3) is 4.85. The zero-order chi connectivity index (χ0) is 20.7. The highest BCUT2D eigenvalue weighted by Crippen LogP contribution is 2.33. The van der Waals surface area contributed by atoms with Crippen molar-refractivity contribution in [3.8, 4) is 0 Å². The molecule has 28 heavy (non-hydrogen) atoms. The largest absolute Gasteiger partial charge is 0.448 e. The molecule has 2 aromatic heterocycles. The van der Waals surface area contributed by atoms with Gasteiger partial charge < -0.3 is 25.3 Å². The number of carbonyl (C=O) groups excluding carboxylic acids is 1. The molecule has 0 saturated heterocycles. The molecule has 0 aliphatic heterocycles. The lowest BCUT2D eigenvalue weighted by molar-refractivity contribution is 0.0786. The summed E-state index contributed by atoms with van der Waals surface area (Å²) in [6.07, 6.45) is 1.93. The lowest BCUT2D eigenvalue weighted by atomic mass is 10.2. The van der Waals surface area contributed by atoms with Crippen molar-refractivity contribution in [3.05, 3.63) is 53.8 Å². The van der Waals surface area contributed by atoms with E-state index in [0.29, 0.717) is 11.0 Å². The minimum absolute atomic E-state index is 0.0712. The van der Waals surface area contributed by atoms with E-state index < -0.39 is 24.4 Å². The smallest absolute Gasteiger partial charge is 0.289 e. The molecular weight excluding hydrogens is 365 g/mol. The number of aryl methyl sites for hydroxylation is 1. The molecule has 2 heterocycles. The van der Waals surface area contributed by atoms with Gasteiger partial charge in [-0.15, -0.1) is 0 Å².